The van der Waals surface area contributed by atoms with E-state index in [1.54, 1.807) is 6.07 Å². The minimum atomic E-state index is -0.432. The molecule has 1 heterocycles. The average molecular weight is 263 g/mol. The van der Waals surface area contributed by atoms with E-state index >= 15 is 0 Å². The van der Waals surface area contributed by atoms with Crippen LogP contribution in [0, 0.1) is 10.1 Å². The van der Waals surface area contributed by atoms with Crippen LogP contribution in [0.5, 0.6) is 0 Å². The van der Waals surface area contributed by atoms with E-state index < -0.39 is 4.92 Å². The average Bonchev–Trinajstić information content (AvgIpc) is 2.63. The molecular formula is C14H21N3O2. The normalized spacial score (nSPS) is 20.1. The number of nitrogen functional groups attached to an aromatic ring is 1. The molecule has 19 heavy (non-hydrogen) atoms. The lowest BCUT2D eigenvalue weighted by atomic mass is 10.1. The molecule has 2 N–H and O–H groups in total. The van der Waals surface area contributed by atoms with Crippen LogP contribution in [-0.4, -0.2) is 17.5 Å². The highest BCUT2D eigenvalue weighted by Gasteiger charge is 2.21. The Morgan fingerprint density at radius 1 is 1.42 bits per heavy atom. The van der Waals surface area contributed by atoms with Crippen LogP contribution in [0.2, 0.25) is 0 Å². The van der Waals surface area contributed by atoms with E-state index in [1.165, 1.54) is 31.7 Å². The van der Waals surface area contributed by atoms with Crippen LogP contribution in [0.15, 0.2) is 18.2 Å². The van der Waals surface area contributed by atoms with Gasteiger partial charge in [0, 0.05) is 24.3 Å². The van der Waals surface area contributed by atoms with Crippen molar-refractivity contribution < 1.29 is 4.92 Å². The van der Waals surface area contributed by atoms with E-state index in [1.807, 2.05) is 6.07 Å². The van der Waals surface area contributed by atoms with Gasteiger partial charge in [-0.3, -0.25) is 10.1 Å². The zero-order chi connectivity index (χ0) is 13.8. The molecule has 0 radical (unpaired) electrons. The molecule has 1 aromatic carbocycles. The summed E-state index contributed by atoms with van der Waals surface area (Å²) in [6, 6.07) is 5.60. The molecule has 1 atom stereocenters. The van der Waals surface area contributed by atoms with Crippen molar-refractivity contribution in [2.24, 2.45) is 0 Å². The fourth-order valence-electron chi connectivity index (χ4n) is 2.83. The van der Waals surface area contributed by atoms with Crippen LogP contribution in [0.4, 0.5) is 17.1 Å². The van der Waals surface area contributed by atoms with Crippen molar-refractivity contribution in [2.75, 3.05) is 17.2 Å². The molecule has 5 heteroatoms. The summed E-state index contributed by atoms with van der Waals surface area (Å²) < 4.78 is 0. The molecule has 0 saturated carbocycles. The van der Waals surface area contributed by atoms with Crippen molar-refractivity contribution in [1.82, 2.24) is 0 Å². The second-order valence-electron chi connectivity index (χ2n) is 5.11. The van der Waals surface area contributed by atoms with E-state index in [0.29, 0.717) is 6.04 Å². The molecule has 1 aliphatic rings. The van der Waals surface area contributed by atoms with Gasteiger partial charge in [0.15, 0.2) is 0 Å². The highest BCUT2D eigenvalue weighted by Crippen LogP contribution is 2.31. The zero-order valence-electron chi connectivity index (χ0n) is 11.3. The Morgan fingerprint density at radius 2 is 2.21 bits per heavy atom. The minimum Gasteiger partial charge on any atom is -0.393 e. The molecule has 1 saturated heterocycles. The standard InChI is InChI=1S/C14H21N3O2/c1-2-11-6-4-3-5-9-16(11)12-7-8-14(17(18)19)13(15)10-12/h7-8,10-11H,2-6,9,15H2,1H3. The van der Waals surface area contributed by atoms with Gasteiger partial charge in [0.2, 0.25) is 0 Å². The van der Waals surface area contributed by atoms with Crippen LogP contribution in [0.1, 0.15) is 39.0 Å². The molecule has 104 valence electrons. The third-order valence-electron chi connectivity index (χ3n) is 3.89. The fourth-order valence-corrected chi connectivity index (χ4v) is 2.83. The van der Waals surface area contributed by atoms with Crippen LogP contribution >= 0.6 is 0 Å². The minimum absolute atomic E-state index is 0.00776. The summed E-state index contributed by atoms with van der Waals surface area (Å²) in [5.74, 6) is 0. The first-order chi connectivity index (χ1) is 9.13. The smallest absolute Gasteiger partial charge is 0.292 e. The number of anilines is 2. The van der Waals surface area contributed by atoms with Gasteiger partial charge in [-0.1, -0.05) is 19.8 Å². The maximum Gasteiger partial charge on any atom is 0.292 e. The first-order valence-corrected chi connectivity index (χ1v) is 6.94. The number of nitrogens with two attached hydrogens (primary N) is 1. The van der Waals surface area contributed by atoms with E-state index in [-0.39, 0.29) is 11.4 Å². The largest absolute Gasteiger partial charge is 0.393 e. The molecule has 1 aromatic rings. The van der Waals surface area contributed by atoms with E-state index in [2.05, 4.69) is 11.8 Å². The summed E-state index contributed by atoms with van der Waals surface area (Å²) in [6.07, 6.45) is 5.98. The maximum atomic E-state index is 10.8. The van der Waals surface area contributed by atoms with Gasteiger partial charge in [-0.25, -0.2) is 0 Å². The number of nitro groups is 1. The molecule has 0 aromatic heterocycles. The lowest BCUT2D eigenvalue weighted by molar-refractivity contribution is -0.383. The van der Waals surface area contributed by atoms with Gasteiger partial charge >= 0.3 is 0 Å². The van der Waals surface area contributed by atoms with Crippen molar-refractivity contribution in [1.29, 1.82) is 0 Å². The number of hydrogen-bond acceptors (Lipinski definition) is 4. The second-order valence-corrected chi connectivity index (χ2v) is 5.11. The Kier molecular flexibility index (Phi) is 4.24. The van der Waals surface area contributed by atoms with Gasteiger partial charge in [0.1, 0.15) is 5.69 Å². The Balaban J connectivity index is 2.28. The number of nitro benzene ring substituents is 1. The van der Waals surface area contributed by atoms with Crippen molar-refractivity contribution >= 4 is 17.1 Å². The molecule has 2 rings (SSSR count). The highest BCUT2D eigenvalue weighted by atomic mass is 16.6. The monoisotopic (exact) mass is 263 g/mol. The number of hydrogen-bond donors (Lipinski definition) is 1. The number of rotatable bonds is 3. The number of benzene rings is 1. The molecule has 0 aliphatic carbocycles. The summed E-state index contributed by atoms with van der Waals surface area (Å²) in [5, 5.41) is 10.8. The first kappa shape index (κ1) is 13.6. The molecular weight excluding hydrogens is 242 g/mol. The highest BCUT2D eigenvalue weighted by molar-refractivity contribution is 5.67. The third kappa shape index (κ3) is 2.97. The van der Waals surface area contributed by atoms with Crippen molar-refractivity contribution in [3.8, 4) is 0 Å². The van der Waals surface area contributed by atoms with Crippen molar-refractivity contribution in [3.05, 3.63) is 28.3 Å². The summed E-state index contributed by atoms with van der Waals surface area (Å²) in [7, 11) is 0. The van der Waals surface area contributed by atoms with Crippen molar-refractivity contribution in [3.63, 3.8) is 0 Å². The van der Waals surface area contributed by atoms with E-state index in [0.717, 1.165) is 18.7 Å². The molecule has 1 fully saturated rings. The van der Waals surface area contributed by atoms with Gasteiger partial charge in [-0.15, -0.1) is 0 Å². The van der Waals surface area contributed by atoms with Gasteiger partial charge in [0.25, 0.3) is 5.69 Å². The molecule has 0 spiro atoms. The molecule has 0 amide bonds. The molecule has 1 aliphatic heterocycles. The topological polar surface area (TPSA) is 72.4 Å². The van der Waals surface area contributed by atoms with E-state index in [9.17, 15) is 10.1 Å². The van der Waals surface area contributed by atoms with Gasteiger partial charge < -0.3 is 10.6 Å². The van der Waals surface area contributed by atoms with Crippen LogP contribution in [-0.2, 0) is 0 Å². The van der Waals surface area contributed by atoms with Gasteiger partial charge in [-0.2, -0.15) is 0 Å². The first-order valence-electron chi connectivity index (χ1n) is 6.94. The molecule has 1 unspecified atom stereocenters. The van der Waals surface area contributed by atoms with Gasteiger partial charge in [-0.05, 0) is 31.4 Å². The summed E-state index contributed by atoms with van der Waals surface area (Å²) in [6.45, 7) is 3.20. The molecule has 0 bridgehead atoms. The Labute approximate surface area is 113 Å². The fraction of sp³-hybridized carbons (Fsp3) is 0.571. The predicted octanol–water partition coefficient (Wildman–Crippen LogP) is 3.34. The Morgan fingerprint density at radius 3 is 2.84 bits per heavy atom. The van der Waals surface area contributed by atoms with Gasteiger partial charge in [0.05, 0.1) is 4.92 Å². The van der Waals surface area contributed by atoms with Crippen molar-refractivity contribution in [2.45, 2.75) is 45.1 Å². The maximum absolute atomic E-state index is 10.8. The second kappa shape index (κ2) is 5.91. The SMILES string of the molecule is CCC1CCCCCN1c1ccc([N+](=O)[O-])c(N)c1. The molecule has 5 nitrogen and oxygen atoms in total. The summed E-state index contributed by atoms with van der Waals surface area (Å²) in [5.41, 5.74) is 7.04. The number of nitrogens with zero attached hydrogens (tertiary/aromatic N) is 2. The quantitative estimate of drug-likeness (QED) is 0.515. The zero-order valence-corrected chi connectivity index (χ0v) is 11.3. The Hall–Kier alpha value is -1.78. The summed E-state index contributed by atoms with van der Waals surface area (Å²) >= 11 is 0. The van der Waals surface area contributed by atoms with Crippen LogP contribution in [0.3, 0.4) is 0 Å². The lowest BCUT2D eigenvalue weighted by Gasteiger charge is -2.31. The predicted molar refractivity (Wildman–Crippen MR) is 77.4 cm³/mol. The van der Waals surface area contributed by atoms with Crippen LogP contribution in [0.25, 0.3) is 0 Å². The summed E-state index contributed by atoms with van der Waals surface area (Å²) in [4.78, 5) is 12.7. The third-order valence-corrected chi connectivity index (χ3v) is 3.89. The van der Waals surface area contributed by atoms with Crippen LogP contribution < -0.4 is 10.6 Å². The van der Waals surface area contributed by atoms with E-state index in [4.69, 9.17) is 5.73 Å². The lowest BCUT2D eigenvalue weighted by Crippen LogP contribution is -2.34. The Bertz CT molecular complexity index is 462.